The molecule has 156 valence electrons. The van der Waals surface area contributed by atoms with E-state index >= 15 is 0 Å². The summed E-state index contributed by atoms with van der Waals surface area (Å²) in [5.74, 6) is -0.0142. The molecule has 5 heteroatoms. The number of benzene rings is 1. The average Bonchev–Trinajstić information content (AvgIpc) is 3.13. The third-order valence-corrected chi connectivity index (χ3v) is 5.59. The van der Waals surface area contributed by atoms with E-state index in [1.54, 1.807) is 19.9 Å². The van der Waals surface area contributed by atoms with Gasteiger partial charge in [0, 0.05) is 23.5 Å². The van der Waals surface area contributed by atoms with Crippen molar-refractivity contribution in [2.24, 2.45) is 5.92 Å². The molecule has 5 nitrogen and oxygen atoms in total. The Morgan fingerprint density at radius 3 is 2.50 bits per heavy atom. The van der Waals surface area contributed by atoms with Gasteiger partial charge in [-0.3, -0.25) is 4.79 Å². The van der Waals surface area contributed by atoms with Crippen LogP contribution in [0.25, 0.3) is 23.5 Å². The molecular weight excluding hydrogens is 380 g/mol. The van der Waals surface area contributed by atoms with Crippen molar-refractivity contribution in [1.82, 2.24) is 0 Å². The van der Waals surface area contributed by atoms with Crippen LogP contribution in [0.5, 0.6) is 5.75 Å². The highest BCUT2D eigenvalue weighted by Gasteiger charge is 2.38. The zero-order valence-electron chi connectivity index (χ0n) is 17.7. The predicted molar refractivity (Wildman–Crippen MR) is 116 cm³/mol. The first-order valence-electron chi connectivity index (χ1n) is 10.1. The molecule has 1 aliphatic carbocycles. The number of rotatable bonds is 3. The van der Waals surface area contributed by atoms with Crippen LogP contribution < -0.4 is 20.8 Å². The van der Waals surface area contributed by atoms with Crippen molar-refractivity contribution < 1.29 is 19.4 Å². The lowest BCUT2D eigenvalue weighted by Gasteiger charge is -2.24. The lowest BCUT2D eigenvalue weighted by Crippen LogP contribution is -2.40. The maximum Gasteiger partial charge on any atom is 0.204 e. The smallest absolute Gasteiger partial charge is 0.204 e. The van der Waals surface area contributed by atoms with E-state index < -0.39 is 11.7 Å². The molecular formula is C25H26O5. The fourth-order valence-electron chi connectivity index (χ4n) is 3.93. The van der Waals surface area contributed by atoms with Gasteiger partial charge in [0.05, 0.1) is 10.8 Å². The minimum absolute atomic E-state index is 0.0349. The largest absolute Gasteiger partial charge is 0.511 e. The number of aliphatic hydroxyl groups is 2. The summed E-state index contributed by atoms with van der Waals surface area (Å²) in [6.45, 7) is 10.9. The summed E-state index contributed by atoms with van der Waals surface area (Å²) in [4.78, 5) is 13.7. The maximum absolute atomic E-state index is 13.7. The Bertz CT molecular complexity index is 1340. The Morgan fingerprint density at radius 1 is 1.23 bits per heavy atom. The summed E-state index contributed by atoms with van der Waals surface area (Å²) >= 11 is 0. The average molecular weight is 406 g/mol. The summed E-state index contributed by atoms with van der Waals surface area (Å²) < 4.78 is 12.0. The molecule has 0 aromatic heterocycles. The molecule has 2 N–H and O–H groups in total. The molecule has 0 amide bonds. The molecule has 1 atom stereocenters. The molecule has 1 aromatic rings. The van der Waals surface area contributed by atoms with Gasteiger partial charge in [0.25, 0.3) is 0 Å². The van der Waals surface area contributed by atoms with Crippen molar-refractivity contribution >= 4 is 12.3 Å². The first kappa shape index (κ1) is 20.2. The second kappa shape index (κ2) is 7.03. The van der Waals surface area contributed by atoms with Gasteiger partial charge in [-0.25, -0.2) is 0 Å². The van der Waals surface area contributed by atoms with Gasteiger partial charge in [-0.2, -0.15) is 0 Å². The molecule has 30 heavy (non-hydrogen) atoms. The molecule has 0 radical (unpaired) electrons. The number of ether oxygens (including phenoxy) is 1. The Balaban J connectivity index is 2.24. The highest BCUT2D eigenvalue weighted by Crippen LogP contribution is 2.32. The Morgan fingerprint density at radius 2 is 1.90 bits per heavy atom. The quantitative estimate of drug-likeness (QED) is 0.699. The van der Waals surface area contributed by atoms with E-state index in [-0.39, 0.29) is 22.3 Å². The van der Waals surface area contributed by atoms with Crippen molar-refractivity contribution in [1.29, 1.82) is 0 Å². The van der Waals surface area contributed by atoms with Gasteiger partial charge in [-0.1, -0.05) is 50.8 Å². The molecule has 0 saturated heterocycles. The van der Waals surface area contributed by atoms with Gasteiger partial charge in [0.15, 0.2) is 0 Å². The lowest BCUT2D eigenvalue weighted by molar-refractivity contribution is -0.0233. The highest BCUT2D eigenvalue weighted by molar-refractivity contribution is 5.65. The maximum atomic E-state index is 13.7. The van der Waals surface area contributed by atoms with E-state index in [0.717, 1.165) is 5.56 Å². The van der Waals surface area contributed by atoms with Gasteiger partial charge in [-0.15, -0.1) is 0 Å². The summed E-state index contributed by atoms with van der Waals surface area (Å²) in [5, 5.41) is 21.9. The van der Waals surface area contributed by atoms with Gasteiger partial charge >= 0.3 is 0 Å². The number of aliphatic hydroxyl groups excluding tert-OH is 1. The van der Waals surface area contributed by atoms with Gasteiger partial charge < -0.3 is 19.4 Å². The molecule has 1 unspecified atom stereocenters. The minimum Gasteiger partial charge on any atom is -0.511 e. The van der Waals surface area contributed by atoms with Gasteiger partial charge in [0.2, 0.25) is 5.43 Å². The van der Waals surface area contributed by atoms with E-state index in [2.05, 4.69) is 6.58 Å². The van der Waals surface area contributed by atoms with Crippen LogP contribution in [0.4, 0.5) is 0 Å². The monoisotopic (exact) mass is 406 g/mol. The number of hydrogen-bond donors (Lipinski definition) is 2. The van der Waals surface area contributed by atoms with Crippen LogP contribution in [0.3, 0.4) is 0 Å². The topological polar surface area (TPSA) is 79.9 Å². The van der Waals surface area contributed by atoms with Crippen molar-refractivity contribution in [2.45, 2.75) is 45.8 Å². The molecule has 2 heterocycles. The zero-order valence-corrected chi connectivity index (χ0v) is 17.7. The molecule has 0 fully saturated rings. The van der Waals surface area contributed by atoms with Crippen LogP contribution in [0.2, 0.25) is 0 Å². The SMILES string of the molecule is C=c1cc(-c2ccccc2)c2c(=O)c(=C(O)C(C)C)c3c(c=2o1)CC(C(C)(C)O)O3. The lowest BCUT2D eigenvalue weighted by atomic mass is 9.94. The van der Waals surface area contributed by atoms with Crippen molar-refractivity contribution in [3.05, 3.63) is 73.5 Å². The van der Waals surface area contributed by atoms with Crippen LogP contribution >= 0.6 is 0 Å². The minimum atomic E-state index is -1.14. The summed E-state index contributed by atoms with van der Waals surface area (Å²) in [7, 11) is 0. The van der Waals surface area contributed by atoms with E-state index in [0.29, 0.717) is 39.3 Å². The van der Waals surface area contributed by atoms with Crippen molar-refractivity contribution in [3.63, 3.8) is 0 Å². The van der Waals surface area contributed by atoms with Crippen LogP contribution in [-0.2, 0) is 6.42 Å². The zero-order chi connectivity index (χ0) is 21.8. The Hall–Kier alpha value is -3.05. The van der Waals surface area contributed by atoms with Crippen LogP contribution in [-0.4, -0.2) is 21.9 Å². The van der Waals surface area contributed by atoms with E-state index in [1.807, 2.05) is 44.2 Å². The standard InChI is InChI=1S/C25H26O5/c1-13(2)21(26)20-22(27)19-16(15-9-7-6-8-10-15)11-14(3)29-23(19)17-12-18(25(4,5)28)30-24(17)20/h6-11,13,18,26,28H,3,12H2,1-2,4-5H3. The first-order valence-corrected chi connectivity index (χ1v) is 10.1. The molecule has 0 spiro atoms. The fourth-order valence-corrected chi connectivity index (χ4v) is 3.93. The molecule has 1 aromatic carbocycles. The third-order valence-electron chi connectivity index (χ3n) is 5.59. The van der Waals surface area contributed by atoms with Crippen LogP contribution in [0, 0.1) is 16.6 Å². The second-order valence-electron chi connectivity index (χ2n) is 8.71. The van der Waals surface area contributed by atoms with E-state index in [1.165, 1.54) is 0 Å². The van der Waals surface area contributed by atoms with Crippen LogP contribution in [0.15, 0.2) is 45.6 Å². The molecule has 0 saturated carbocycles. The molecule has 4 rings (SSSR count). The Kier molecular flexibility index (Phi) is 4.74. The predicted octanol–water partition coefficient (Wildman–Crippen LogP) is 2.84. The third kappa shape index (κ3) is 3.19. The summed E-state index contributed by atoms with van der Waals surface area (Å²) in [6, 6.07) is 11.3. The number of hydrogen-bond acceptors (Lipinski definition) is 5. The fraction of sp³-hybridized carbons (Fsp3) is 0.320. The van der Waals surface area contributed by atoms with Crippen LogP contribution in [0.1, 0.15) is 33.3 Å². The molecule has 3 aliphatic rings. The van der Waals surface area contributed by atoms with Gasteiger partial charge in [0.1, 0.15) is 33.7 Å². The second-order valence-corrected chi connectivity index (χ2v) is 8.71. The molecule has 2 aliphatic heterocycles. The van der Waals surface area contributed by atoms with Crippen molar-refractivity contribution in [3.8, 4) is 16.9 Å². The normalized spacial score (nSPS) is 17.2. The van der Waals surface area contributed by atoms with E-state index in [4.69, 9.17) is 9.15 Å². The molecule has 0 bridgehead atoms. The summed E-state index contributed by atoms with van der Waals surface area (Å²) in [6.07, 6.45) is -0.213. The number of fused-ring (bicyclic) bond motifs is 2. The summed E-state index contributed by atoms with van der Waals surface area (Å²) in [5.41, 5.74) is 1.54. The van der Waals surface area contributed by atoms with Crippen molar-refractivity contribution in [2.75, 3.05) is 0 Å². The van der Waals surface area contributed by atoms with E-state index in [9.17, 15) is 15.0 Å². The first-order chi connectivity index (χ1) is 14.1. The Labute approximate surface area is 174 Å². The van der Waals surface area contributed by atoms with Gasteiger partial charge in [-0.05, 0) is 25.5 Å². The highest BCUT2D eigenvalue weighted by atomic mass is 16.5.